The van der Waals surface area contributed by atoms with Gasteiger partial charge in [0.1, 0.15) is 11.6 Å². The van der Waals surface area contributed by atoms with Gasteiger partial charge in [0.25, 0.3) is 5.91 Å². The first-order chi connectivity index (χ1) is 13.6. The van der Waals surface area contributed by atoms with Gasteiger partial charge in [0.15, 0.2) is 6.61 Å². The fourth-order valence-corrected chi connectivity index (χ4v) is 3.71. The second-order valence-corrected chi connectivity index (χ2v) is 7.31. The predicted octanol–water partition coefficient (Wildman–Crippen LogP) is 2.68. The largest absolute Gasteiger partial charge is 0.484 e. The number of carbonyl (C=O) groups excluding carboxylic acids is 2. The molecule has 4 rings (SSSR count). The van der Waals surface area contributed by atoms with Crippen LogP contribution < -0.4 is 4.74 Å². The van der Waals surface area contributed by atoms with Gasteiger partial charge in [0.05, 0.1) is 0 Å². The van der Waals surface area contributed by atoms with Crippen LogP contribution >= 0.6 is 0 Å². The molecule has 2 amide bonds. The summed E-state index contributed by atoms with van der Waals surface area (Å²) < 4.78 is 18.3. The molecule has 1 saturated carbocycles. The van der Waals surface area contributed by atoms with Crippen molar-refractivity contribution in [2.45, 2.75) is 12.3 Å². The quantitative estimate of drug-likeness (QED) is 0.799. The molecule has 5 nitrogen and oxygen atoms in total. The Bertz CT molecular complexity index is 833. The molecular formula is C22H23FN2O3. The maximum absolute atomic E-state index is 12.9. The minimum absolute atomic E-state index is 0.0754. The Hall–Kier alpha value is -2.89. The van der Waals surface area contributed by atoms with Gasteiger partial charge in [-0.05, 0) is 42.2 Å². The number of piperazine rings is 1. The predicted molar refractivity (Wildman–Crippen MR) is 102 cm³/mol. The van der Waals surface area contributed by atoms with E-state index in [-0.39, 0.29) is 30.2 Å². The molecule has 1 aliphatic carbocycles. The summed E-state index contributed by atoms with van der Waals surface area (Å²) >= 11 is 0. The lowest BCUT2D eigenvalue weighted by Gasteiger charge is -2.35. The third kappa shape index (κ3) is 4.16. The molecule has 6 heteroatoms. The highest BCUT2D eigenvalue weighted by Gasteiger charge is 2.46. The molecule has 0 aromatic heterocycles. The van der Waals surface area contributed by atoms with Crippen molar-refractivity contribution < 1.29 is 18.7 Å². The van der Waals surface area contributed by atoms with Gasteiger partial charge in [0.2, 0.25) is 5.91 Å². The summed E-state index contributed by atoms with van der Waals surface area (Å²) in [4.78, 5) is 28.6. The Morgan fingerprint density at radius 3 is 2.25 bits per heavy atom. The zero-order valence-corrected chi connectivity index (χ0v) is 15.6. The zero-order chi connectivity index (χ0) is 19.5. The Labute approximate surface area is 163 Å². The molecule has 0 radical (unpaired) electrons. The second kappa shape index (κ2) is 8.00. The standard InChI is InChI=1S/C22H23FN2O3/c23-17-6-8-18(9-7-17)28-15-21(26)24-10-12-25(13-11-24)22(27)20-14-19(20)16-4-2-1-3-5-16/h1-9,19-20H,10-15H2/t19-,20+/m0/s1. The summed E-state index contributed by atoms with van der Waals surface area (Å²) in [5.74, 6) is 0.603. The number of hydrogen-bond donors (Lipinski definition) is 0. The summed E-state index contributed by atoms with van der Waals surface area (Å²) in [7, 11) is 0. The van der Waals surface area contributed by atoms with Crippen molar-refractivity contribution in [1.29, 1.82) is 0 Å². The Morgan fingerprint density at radius 1 is 0.929 bits per heavy atom. The van der Waals surface area contributed by atoms with Crippen LogP contribution in [0.2, 0.25) is 0 Å². The van der Waals surface area contributed by atoms with Crippen molar-refractivity contribution in [3.05, 3.63) is 66.0 Å². The Balaban J connectivity index is 1.22. The van der Waals surface area contributed by atoms with Crippen LogP contribution in [-0.4, -0.2) is 54.4 Å². The van der Waals surface area contributed by atoms with Crippen molar-refractivity contribution >= 4 is 11.8 Å². The normalized spacial score (nSPS) is 21.3. The summed E-state index contributed by atoms with van der Waals surface area (Å²) in [5.41, 5.74) is 1.23. The van der Waals surface area contributed by atoms with E-state index in [1.807, 2.05) is 23.1 Å². The number of halogens is 1. The molecule has 2 fully saturated rings. The molecule has 0 spiro atoms. The van der Waals surface area contributed by atoms with Crippen molar-refractivity contribution in [1.82, 2.24) is 9.80 Å². The monoisotopic (exact) mass is 382 g/mol. The first-order valence-electron chi connectivity index (χ1n) is 9.61. The van der Waals surface area contributed by atoms with Gasteiger partial charge in [-0.15, -0.1) is 0 Å². The molecule has 1 saturated heterocycles. The van der Waals surface area contributed by atoms with E-state index in [0.717, 1.165) is 6.42 Å². The van der Waals surface area contributed by atoms with Crippen molar-refractivity contribution in [2.75, 3.05) is 32.8 Å². The van der Waals surface area contributed by atoms with Crippen LogP contribution in [0.3, 0.4) is 0 Å². The fourth-order valence-electron chi connectivity index (χ4n) is 3.71. The van der Waals surface area contributed by atoms with E-state index in [9.17, 15) is 14.0 Å². The lowest BCUT2D eigenvalue weighted by Crippen LogP contribution is -2.52. The number of ether oxygens (including phenoxy) is 1. The molecule has 0 unspecified atom stereocenters. The number of rotatable bonds is 5. The molecule has 2 atom stereocenters. The van der Waals surface area contributed by atoms with E-state index in [1.165, 1.54) is 29.8 Å². The van der Waals surface area contributed by atoms with Gasteiger partial charge in [-0.25, -0.2) is 4.39 Å². The van der Waals surface area contributed by atoms with Crippen LogP contribution in [0.15, 0.2) is 54.6 Å². The molecule has 2 aromatic rings. The summed E-state index contributed by atoms with van der Waals surface area (Å²) in [6, 6.07) is 15.7. The highest BCUT2D eigenvalue weighted by atomic mass is 19.1. The minimum Gasteiger partial charge on any atom is -0.484 e. The van der Waals surface area contributed by atoms with Gasteiger partial charge in [-0.2, -0.15) is 0 Å². The number of hydrogen-bond acceptors (Lipinski definition) is 3. The molecule has 28 heavy (non-hydrogen) atoms. The molecule has 0 bridgehead atoms. The minimum atomic E-state index is -0.343. The first-order valence-corrected chi connectivity index (χ1v) is 9.61. The molecule has 1 heterocycles. The van der Waals surface area contributed by atoms with Gasteiger partial charge < -0.3 is 14.5 Å². The van der Waals surface area contributed by atoms with Crippen LogP contribution in [0.25, 0.3) is 0 Å². The maximum atomic E-state index is 12.9. The smallest absolute Gasteiger partial charge is 0.260 e. The molecule has 2 aliphatic rings. The third-order valence-electron chi connectivity index (χ3n) is 5.46. The van der Waals surface area contributed by atoms with Gasteiger partial charge >= 0.3 is 0 Å². The highest BCUT2D eigenvalue weighted by molar-refractivity contribution is 5.83. The van der Waals surface area contributed by atoms with E-state index in [4.69, 9.17) is 4.74 Å². The third-order valence-corrected chi connectivity index (χ3v) is 5.46. The van der Waals surface area contributed by atoms with Gasteiger partial charge in [-0.1, -0.05) is 30.3 Å². The number of amides is 2. The second-order valence-electron chi connectivity index (χ2n) is 7.31. The van der Waals surface area contributed by atoms with Crippen LogP contribution in [0.5, 0.6) is 5.75 Å². The molecule has 2 aromatic carbocycles. The van der Waals surface area contributed by atoms with E-state index in [1.54, 1.807) is 4.90 Å². The van der Waals surface area contributed by atoms with E-state index in [0.29, 0.717) is 37.8 Å². The lowest BCUT2D eigenvalue weighted by atomic mass is 10.1. The van der Waals surface area contributed by atoms with Crippen LogP contribution in [-0.2, 0) is 9.59 Å². The van der Waals surface area contributed by atoms with Crippen LogP contribution in [0, 0.1) is 11.7 Å². The highest BCUT2D eigenvalue weighted by Crippen LogP contribution is 2.48. The molecular weight excluding hydrogens is 359 g/mol. The zero-order valence-electron chi connectivity index (χ0n) is 15.6. The lowest BCUT2D eigenvalue weighted by molar-refractivity contribution is -0.141. The molecule has 1 aliphatic heterocycles. The van der Waals surface area contributed by atoms with Crippen LogP contribution in [0.1, 0.15) is 17.9 Å². The maximum Gasteiger partial charge on any atom is 0.260 e. The molecule has 0 N–H and O–H groups in total. The fraction of sp³-hybridized carbons (Fsp3) is 0.364. The van der Waals surface area contributed by atoms with E-state index >= 15 is 0 Å². The topological polar surface area (TPSA) is 49.9 Å². The summed E-state index contributed by atoms with van der Waals surface area (Å²) in [5, 5.41) is 0. The summed E-state index contributed by atoms with van der Waals surface area (Å²) in [6.45, 7) is 2.05. The van der Waals surface area contributed by atoms with E-state index < -0.39 is 0 Å². The summed E-state index contributed by atoms with van der Waals surface area (Å²) in [6.07, 6.45) is 0.910. The Kier molecular flexibility index (Phi) is 5.28. The van der Waals surface area contributed by atoms with Crippen molar-refractivity contribution in [3.8, 4) is 5.75 Å². The first kappa shape index (κ1) is 18.5. The Morgan fingerprint density at radius 2 is 1.57 bits per heavy atom. The van der Waals surface area contributed by atoms with E-state index in [2.05, 4.69) is 12.1 Å². The number of nitrogens with zero attached hydrogens (tertiary/aromatic N) is 2. The van der Waals surface area contributed by atoms with Gasteiger partial charge in [-0.3, -0.25) is 9.59 Å². The van der Waals surface area contributed by atoms with Crippen LogP contribution in [0.4, 0.5) is 4.39 Å². The number of carbonyl (C=O) groups is 2. The average molecular weight is 382 g/mol. The van der Waals surface area contributed by atoms with Gasteiger partial charge in [0, 0.05) is 32.1 Å². The molecule has 146 valence electrons. The number of benzene rings is 2. The SMILES string of the molecule is O=C(COc1ccc(F)cc1)N1CCN(C(=O)[C@@H]2C[C@H]2c2ccccc2)CC1. The average Bonchev–Trinajstić information content (AvgIpc) is 3.54. The van der Waals surface area contributed by atoms with Crippen molar-refractivity contribution in [2.24, 2.45) is 5.92 Å². The van der Waals surface area contributed by atoms with Crippen molar-refractivity contribution in [3.63, 3.8) is 0 Å².